The average molecular weight is 369 g/mol. The minimum absolute atomic E-state index is 0.0489. The lowest BCUT2D eigenvalue weighted by atomic mass is 9.94. The van der Waals surface area contributed by atoms with Crippen LogP contribution in [0.1, 0.15) is 48.7 Å². The van der Waals surface area contributed by atoms with Gasteiger partial charge in [-0.3, -0.25) is 19.6 Å². The number of carbonyl (C=O) groups is 2. The van der Waals surface area contributed by atoms with Gasteiger partial charge in [0.05, 0.1) is 24.1 Å². The molecule has 1 aromatic heterocycles. The van der Waals surface area contributed by atoms with E-state index in [0.717, 1.165) is 31.6 Å². The Morgan fingerprint density at radius 3 is 2.81 bits per heavy atom. The molecule has 2 aromatic rings. The van der Waals surface area contributed by atoms with Gasteiger partial charge in [-0.1, -0.05) is 18.2 Å². The van der Waals surface area contributed by atoms with E-state index in [2.05, 4.69) is 25.7 Å². The summed E-state index contributed by atoms with van der Waals surface area (Å²) in [5.41, 5.74) is 2.25. The Morgan fingerprint density at radius 2 is 2.07 bits per heavy atom. The standard InChI is InChI=1S/C20H27N5O2/c1-14(2)22-18(26)13-25-10-6-9-16(12-25)19-17(11-21-24-19)23-20(27)15-7-4-3-5-8-15/h3-5,7-8,11,14,16H,6,9-10,12-13H2,1-2H3,(H,21,24)(H,22,26)(H,23,27). The lowest BCUT2D eigenvalue weighted by molar-refractivity contribution is -0.123. The Hall–Kier alpha value is -2.67. The van der Waals surface area contributed by atoms with Crippen LogP contribution in [0.2, 0.25) is 0 Å². The van der Waals surface area contributed by atoms with Gasteiger partial charge < -0.3 is 10.6 Å². The SMILES string of the molecule is CC(C)NC(=O)CN1CCCC(c2[nH]ncc2NC(=O)c2ccccc2)C1. The maximum atomic E-state index is 12.4. The van der Waals surface area contributed by atoms with E-state index in [1.807, 2.05) is 32.0 Å². The molecule has 1 atom stereocenters. The van der Waals surface area contributed by atoms with Gasteiger partial charge in [-0.15, -0.1) is 0 Å². The topological polar surface area (TPSA) is 90.1 Å². The van der Waals surface area contributed by atoms with Crippen molar-refractivity contribution in [2.45, 2.75) is 38.6 Å². The minimum Gasteiger partial charge on any atom is -0.353 e. The van der Waals surface area contributed by atoms with Crippen LogP contribution in [-0.4, -0.2) is 52.6 Å². The molecule has 7 nitrogen and oxygen atoms in total. The van der Waals surface area contributed by atoms with Crippen LogP contribution in [0.5, 0.6) is 0 Å². The number of piperidine rings is 1. The van der Waals surface area contributed by atoms with Crippen LogP contribution in [0, 0.1) is 0 Å². The first-order valence-electron chi connectivity index (χ1n) is 9.44. The fourth-order valence-electron chi connectivity index (χ4n) is 3.50. The number of hydrogen-bond donors (Lipinski definition) is 3. The van der Waals surface area contributed by atoms with Gasteiger partial charge in [-0.05, 0) is 45.4 Å². The normalized spacial score (nSPS) is 17.7. The number of carbonyl (C=O) groups excluding carboxylic acids is 2. The summed E-state index contributed by atoms with van der Waals surface area (Å²) in [5, 5.41) is 13.1. The summed E-state index contributed by atoms with van der Waals surface area (Å²) in [5.74, 6) is 0.106. The van der Waals surface area contributed by atoms with Crippen molar-refractivity contribution in [3.05, 3.63) is 47.8 Å². The van der Waals surface area contributed by atoms with Crippen molar-refractivity contribution in [3.63, 3.8) is 0 Å². The van der Waals surface area contributed by atoms with E-state index in [1.165, 1.54) is 0 Å². The molecule has 1 saturated heterocycles. The lowest BCUT2D eigenvalue weighted by Gasteiger charge is -2.32. The summed E-state index contributed by atoms with van der Waals surface area (Å²) in [6, 6.07) is 9.27. The van der Waals surface area contributed by atoms with E-state index < -0.39 is 0 Å². The molecule has 3 N–H and O–H groups in total. The van der Waals surface area contributed by atoms with Gasteiger partial charge in [0.25, 0.3) is 5.91 Å². The third kappa shape index (κ3) is 5.17. The second kappa shape index (κ2) is 8.81. The average Bonchev–Trinajstić information content (AvgIpc) is 3.10. The number of benzene rings is 1. The number of H-pyrrole nitrogens is 1. The van der Waals surface area contributed by atoms with Gasteiger partial charge in [-0.25, -0.2) is 0 Å². The second-order valence-electron chi connectivity index (χ2n) is 7.31. The van der Waals surface area contributed by atoms with Gasteiger partial charge in [0.2, 0.25) is 5.91 Å². The van der Waals surface area contributed by atoms with Crippen molar-refractivity contribution >= 4 is 17.5 Å². The first-order chi connectivity index (χ1) is 13.0. The van der Waals surface area contributed by atoms with E-state index in [4.69, 9.17) is 0 Å². The van der Waals surface area contributed by atoms with E-state index in [-0.39, 0.29) is 23.8 Å². The first kappa shape index (κ1) is 19.1. The molecule has 2 amide bonds. The van der Waals surface area contributed by atoms with Crippen LogP contribution >= 0.6 is 0 Å². The quantitative estimate of drug-likeness (QED) is 0.729. The fourth-order valence-corrected chi connectivity index (χ4v) is 3.50. The first-order valence-corrected chi connectivity index (χ1v) is 9.44. The molecule has 144 valence electrons. The maximum absolute atomic E-state index is 12.4. The van der Waals surface area contributed by atoms with Gasteiger partial charge in [-0.2, -0.15) is 5.10 Å². The van der Waals surface area contributed by atoms with Crippen LogP contribution in [0.4, 0.5) is 5.69 Å². The second-order valence-corrected chi connectivity index (χ2v) is 7.31. The van der Waals surface area contributed by atoms with Crippen molar-refractivity contribution in [3.8, 4) is 0 Å². The predicted molar refractivity (Wildman–Crippen MR) is 105 cm³/mol. The Kier molecular flexibility index (Phi) is 6.24. The summed E-state index contributed by atoms with van der Waals surface area (Å²) in [6.45, 7) is 5.99. The molecule has 27 heavy (non-hydrogen) atoms. The molecule has 1 unspecified atom stereocenters. The summed E-state index contributed by atoms with van der Waals surface area (Å²) in [7, 11) is 0. The van der Waals surface area contributed by atoms with Crippen molar-refractivity contribution < 1.29 is 9.59 Å². The molecule has 3 rings (SSSR count). The third-order valence-electron chi connectivity index (χ3n) is 4.68. The molecular formula is C20H27N5O2. The van der Waals surface area contributed by atoms with E-state index >= 15 is 0 Å². The zero-order valence-electron chi connectivity index (χ0n) is 15.9. The fraction of sp³-hybridized carbons (Fsp3) is 0.450. The zero-order chi connectivity index (χ0) is 19.2. The van der Waals surface area contributed by atoms with Crippen molar-refractivity contribution in [2.24, 2.45) is 0 Å². The van der Waals surface area contributed by atoms with Gasteiger partial charge in [0.15, 0.2) is 0 Å². The molecule has 1 aliphatic rings. The molecule has 1 fully saturated rings. The molecular weight excluding hydrogens is 342 g/mol. The largest absolute Gasteiger partial charge is 0.353 e. The number of rotatable bonds is 6. The highest BCUT2D eigenvalue weighted by Crippen LogP contribution is 2.30. The number of aromatic amines is 1. The van der Waals surface area contributed by atoms with Crippen molar-refractivity contribution in [2.75, 3.05) is 25.0 Å². The molecule has 0 spiro atoms. The highest BCUT2D eigenvalue weighted by molar-refractivity contribution is 6.04. The number of hydrogen-bond acceptors (Lipinski definition) is 4. The highest BCUT2D eigenvalue weighted by atomic mass is 16.2. The number of nitrogens with one attached hydrogen (secondary N) is 3. The molecule has 0 radical (unpaired) electrons. The molecule has 7 heteroatoms. The summed E-state index contributed by atoms with van der Waals surface area (Å²) >= 11 is 0. The van der Waals surface area contributed by atoms with E-state index in [0.29, 0.717) is 17.8 Å². The molecule has 0 bridgehead atoms. The molecule has 0 aliphatic carbocycles. The number of amides is 2. The molecule has 2 heterocycles. The van der Waals surface area contributed by atoms with E-state index in [9.17, 15) is 9.59 Å². The van der Waals surface area contributed by atoms with Crippen molar-refractivity contribution in [1.29, 1.82) is 0 Å². The number of anilines is 1. The number of likely N-dealkylation sites (tertiary alicyclic amines) is 1. The van der Waals surface area contributed by atoms with Crippen molar-refractivity contribution in [1.82, 2.24) is 20.4 Å². The van der Waals surface area contributed by atoms with Crippen LogP contribution < -0.4 is 10.6 Å². The summed E-state index contributed by atoms with van der Waals surface area (Å²) in [6.07, 6.45) is 3.66. The minimum atomic E-state index is -0.151. The van der Waals surface area contributed by atoms with Gasteiger partial charge >= 0.3 is 0 Å². The zero-order valence-corrected chi connectivity index (χ0v) is 15.9. The molecule has 0 saturated carbocycles. The monoisotopic (exact) mass is 369 g/mol. The number of aromatic nitrogens is 2. The van der Waals surface area contributed by atoms with Crippen LogP contribution in [0.15, 0.2) is 36.5 Å². The Labute approximate surface area is 159 Å². The van der Waals surface area contributed by atoms with Crippen LogP contribution in [-0.2, 0) is 4.79 Å². The highest BCUT2D eigenvalue weighted by Gasteiger charge is 2.26. The Morgan fingerprint density at radius 1 is 1.30 bits per heavy atom. The predicted octanol–water partition coefficient (Wildman–Crippen LogP) is 2.37. The van der Waals surface area contributed by atoms with E-state index in [1.54, 1.807) is 18.3 Å². The molecule has 1 aromatic carbocycles. The lowest BCUT2D eigenvalue weighted by Crippen LogP contribution is -2.43. The smallest absolute Gasteiger partial charge is 0.255 e. The summed E-state index contributed by atoms with van der Waals surface area (Å²) in [4.78, 5) is 26.7. The maximum Gasteiger partial charge on any atom is 0.255 e. The Balaban J connectivity index is 1.64. The Bertz CT molecular complexity index is 772. The van der Waals surface area contributed by atoms with Crippen LogP contribution in [0.25, 0.3) is 0 Å². The van der Waals surface area contributed by atoms with Gasteiger partial charge in [0, 0.05) is 24.1 Å². The van der Waals surface area contributed by atoms with Gasteiger partial charge in [0.1, 0.15) is 0 Å². The molecule has 1 aliphatic heterocycles. The third-order valence-corrected chi connectivity index (χ3v) is 4.68. The number of nitrogens with zero attached hydrogens (tertiary/aromatic N) is 2. The van der Waals surface area contributed by atoms with Crippen LogP contribution in [0.3, 0.4) is 0 Å². The summed E-state index contributed by atoms with van der Waals surface area (Å²) < 4.78 is 0.